The summed E-state index contributed by atoms with van der Waals surface area (Å²) in [5.74, 6) is -1.71. The minimum absolute atomic E-state index is 0.0333. The highest BCUT2D eigenvalue weighted by atomic mass is 19.1. The SMILES string of the molecule is CNC(=O)c1cccc(CNC(=O)c2cc(C(=O)NCc3ccc4c(c3)CC(=O)CO4)nc3c(F)cnn23)c1. The number of halogens is 1. The Hall–Kier alpha value is -5.13. The van der Waals surface area contributed by atoms with Crippen molar-refractivity contribution in [3.63, 3.8) is 0 Å². The highest BCUT2D eigenvalue weighted by Gasteiger charge is 2.21. The van der Waals surface area contributed by atoms with Crippen molar-refractivity contribution in [3.8, 4) is 5.75 Å². The van der Waals surface area contributed by atoms with Crippen molar-refractivity contribution in [1.82, 2.24) is 30.5 Å². The zero-order valence-corrected chi connectivity index (χ0v) is 20.8. The van der Waals surface area contributed by atoms with E-state index in [1.807, 2.05) is 0 Å². The topological polar surface area (TPSA) is 144 Å². The molecule has 3 heterocycles. The number of ketones is 1. The maximum Gasteiger partial charge on any atom is 0.270 e. The van der Waals surface area contributed by atoms with Gasteiger partial charge in [-0.25, -0.2) is 13.9 Å². The number of ether oxygens (including phenoxy) is 1. The number of amides is 3. The van der Waals surface area contributed by atoms with Crippen molar-refractivity contribution < 1.29 is 28.3 Å². The standard InChI is InChI=1S/C27H23FN6O5/c1-29-25(36)17-4-2-3-15(7-17)11-31-27(38)22-10-21(33-24-20(28)13-32-34(22)24)26(37)30-12-16-5-6-23-18(8-16)9-19(35)14-39-23/h2-8,10,13H,9,11-12,14H2,1H3,(H,29,36)(H,30,37)(H,31,38). The number of nitrogens with one attached hydrogen (secondary N) is 3. The molecular weight excluding hydrogens is 507 g/mol. The second-order valence-corrected chi connectivity index (χ2v) is 8.85. The molecule has 3 N–H and O–H groups in total. The normalized spacial score (nSPS) is 12.4. The van der Waals surface area contributed by atoms with Gasteiger partial charge in [-0.1, -0.05) is 18.2 Å². The summed E-state index contributed by atoms with van der Waals surface area (Å²) >= 11 is 0. The van der Waals surface area contributed by atoms with Gasteiger partial charge < -0.3 is 20.7 Å². The molecule has 198 valence electrons. The fourth-order valence-electron chi connectivity index (χ4n) is 4.17. The quantitative estimate of drug-likeness (QED) is 0.329. The second-order valence-electron chi connectivity index (χ2n) is 8.85. The third-order valence-corrected chi connectivity index (χ3v) is 6.12. The lowest BCUT2D eigenvalue weighted by Gasteiger charge is -2.17. The predicted octanol–water partition coefficient (Wildman–Crippen LogP) is 1.59. The van der Waals surface area contributed by atoms with Crippen LogP contribution in [0, 0.1) is 5.82 Å². The molecule has 0 spiro atoms. The van der Waals surface area contributed by atoms with Crippen LogP contribution in [0.1, 0.15) is 48.0 Å². The van der Waals surface area contributed by atoms with Gasteiger partial charge in [-0.15, -0.1) is 0 Å². The fraction of sp³-hybridized carbons (Fsp3) is 0.185. The number of fused-ring (bicyclic) bond motifs is 2. The summed E-state index contributed by atoms with van der Waals surface area (Å²) < 4.78 is 20.8. The van der Waals surface area contributed by atoms with Gasteiger partial charge in [-0.05, 0) is 35.4 Å². The van der Waals surface area contributed by atoms with Gasteiger partial charge in [0.25, 0.3) is 17.7 Å². The van der Waals surface area contributed by atoms with Crippen molar-refractivity contribution >= 4 is 29.2 Å². The lowest BCUT2D eigenvalue weighted by molar-refractivity contribution is -0.121. The molecule has 0 unspecified atom stereocenters. The van der Waals surface area contributed by atoms with Crippen LogP contribution in [-0.4, -0.2) is 51.8 Å². The number of carbonyl (C=O) groups is 4. The fourth-order valence-corrected chi connectivity index (χ4v) is 4.17. The Morgan fingerprint density at radius 1 is 1.00 bits per heavy atom. The van der Waals surface area contributed by atoms with Gasteiger partial charge in [0.2, 0.25) is 0 Å². The Kier molecular flexibility index (Phi) is 7.00. The number of aromatic nitrogens is 3. The molecular formula is C27H23FN6O5. The first-order valence-electron chi connectivity index (χ1n) is 12.0. The van der Waals surface area contributed by atoms with Crippen LogP contribution in [0.25, 0.3) is 5.65 Å². The van der Waals surface area contributed by atoms with Crippen LogP contribution in [-0.2, 0) is 24.3 Å². The van der Waals surface area contributed by atoms with Gasteiger partial charge in [0.1, 0.15) is 23.7 Å². The molecule has 2 aromatic carbocycles. The number of benzene rings is 2. The molecule has 0 bridgehead atoms. The molecule has 2 aromatic heterocycles. The molecule has 4 aromatic rings. The molecule has 0 aliphatic carbocycles. The predicted molar refractivity (Wildman–Crippen MR) is 136 cm³/mol. The van der Waals surface area contributed by atoms with Gasteiger partial charge in [0, 0.05) is 43.8 Å². The van der Waals surface area contributed by atoms with Crippen molar-refractivity contribution in [1.29, 1.82) is 0 Å². The maximum atomic E-state index is 14.4. The molecule has 0 atom stereocenters. The molecule has 1 aliphatic heterocycles. The number of Topliss-reactive ketones (excluding diaryl/α,β-unsaturated/α-hetero) is 1. The maximum absolute atomic E-state index is 14.4. The first kappa shape index (κ1) is 25.5. The van der Waals surface area contributed by atoms with Crippen LogP contribution >= 0.6 is 0 Å². The van der Waals surface area contributed by atoms with Crippen LogP contribution < -0.4 is 20.7 Å². The first-order chi connectivity index (χ1) is 18.8. The van der Waals surface area contributed by atoms with E-state index in [1.165, 1.54) is 13.1 Å². The zero-order chi connectivity index (χ0) is 27.5. The Balaban J connectivity index is 1.33. The third-order valence-electron chi connectivity index (χ3n) is 6.12. The molecule has 12 heteroatoms. The van der Waals surface area contributed by atoms with E-state index in [-0.39, 0.29) is 54.8 Å². The van der Waals surface area contributed by atoms with Crippen molar-refractivity contribution in [2.24, 2.45) is 0 Å². The summed E-state index contributed by atoms with van der Waals surface area (Å²) in [6.07, 6.45) is 1.16. The van der Waals surface area contributed by atoms with Crippen molar-refractivity contribution in [3.05, 3.63) is 94.2 Å². The van der Waals surface area contributed by atoms with E-state index in [4.69, 9.17) is 4.74 Å². The molecule has 0 radical (unpaired) electrons. The van der Waals surface area contributed by atoms with E-state index in [1.54, 1.807) is 42.5 Å². The Bertz CT molecular complexity index is 1630. The third kappa shape index (κ3) is 5.44. The molecule has 0 saturated carbocycles. The summed E-state index contributed by atoms with van der Waals surface area (Å²) in [6, 6.07) is 13.2. The van der Waals surface area contributed by atoms with Crippen molar-refractivity contribution in [2.75, 3.05) is 13.7 Å². The van der Waals surface area contributed by atoms with E-state index in [0.717, 1.165) is 21.8 Å². The van der Waals surface area contributed by atoms with E-state index in [2.05, 4.69) is 26.0 Å². The van der Waals surface area contributed by atoms with E-state index in [0.29, 0.717) is 16.9 Å². The number of hydrogen-bond acceptors (Lipinski definition) is 7. The summed E-state index contributed by atoms with van der Waals surface area (Å²) in [5.41, 5.74) is 2.01. The molecule has 0 saturated heterocycles. The monoisotopic (exact) mass is 530 g/mol. The van der Waals surface area contributed by atoms with Crippen LogP contribution in [0.2, 0.25) is 0 Å². The summed E-state index contributed by atoms with van der Waals surface area (Å²) in [4.78, 5) is 53.6. The van der Waals surface area contributed by atoms with Crippen LogP contribution in [0.4, 0.5) is 4.39 Å². The van der Waals surface area contributed by atoms with E-state index in [9.17, 15) is 23.6 Å². The van der Waals surface area contributed by atoms with Crippen LogP contribution in [0.15, 0.2) is 54.7 Å². The summed E-state index contributed by atoms with van der Waals surface area (Å²) in [6.45, 7) is 0.224. The van der Waals surface area contributed by atoms with Gasteiger partial charge >= 0.3 is 0 Å². The average Bonchev–Trinajstić information content (AvgIpc) is 3.33. The van der Waals surface area contributed by atoms with Gasteiger partial charge in [-0.2, -0.15) is 5.10 Å². The molecule has 3 amide bonds. The molecule has 39 heavy (non-hydrogen) atoms. The lowest BCUT2D eigenvalue weighted by atomic mass is 10.0. The van der Waals surface area contributed by atoms with Gasteiger partial charge in [0.05, 0.1) is 6.20 Å². The highest BCUT2D eigenvalue weighted by Crippen LogP contribution is 2.24. The molecule has 11 nitrogen and oxygen atoms in total. The van der Waals surface area contributed by atoms with Crippen LogP contribution in [0.5, 0.6) is 5.75 Å². The Morgan fingerprint density at radius 2 is 1.77 bits per heavy atom. The van der Waals surface area contributed by atoms with E-state index < -0.39 is 17.6 Å². The summed E-state index contributed by atoms with van der Waals surface area (Å²) in [5, 5.41) is 11.8. The lowest BCUT2D eigenvalue weighted by Crippen LogP contribution is -2.28. The number of carbonyl (C=O) groups excluding carboxylic acids is 4. The minimum Gasteiger partial charge on any atom is -0.486 e. The van der Waals surface area contributed by atoms with Gasteiger partial charge in [-0.3, -0.25) is 19.2 Å². The second kappa shape index (κ2) is 10.7. The summed E-state index contributed by atoms with van der Waals surface area (Å²) in [7, 11) is 1.52. The highest BCUT2D eigenvalue weighted by molar-refractivity contribution is 5.98. The van der Waals surface area contributed by atoms with Crippen molar-refractivity contribution in [2.45, 2.75) is 19.5 Å². The number of hydrogen-bond donors (Lipinski definition) is 3. The Morgan fingerprint density at radius 3 is 2.56 bits per heavy atom. The number of nitrogens with zero attached hydrogens (tertiary/aromatic N) is 3. The first-order valence-corrected chi connectivity index (χ1v) is 12.0. The molecule has 0 fully saturated rings. The minimum atomic E-state index is -0.795. The largest absolute Gasteiger partial charge is 0.486 e. The Labute approximate surface area is 221 Å². The van der Waals surface area contributed by atoms with Gasteiger partial charge in [0.15, 0.2) is 17.2 Å². The molecule has 5 rings (SSSR count). The number of rotatable bonds is 7. The average molecular weight is 531 g/mol. The van der Waals surface area contributed by atoms with E-state index >= 15 is 0 Å². The zero-order valence-electron chi connectivity index (χ0n) is 20.8. The van der Waals surface area contributed by atoms with Crippen LogP contribution in [0.3, 0.4) is 0 Å². The molecule has 1 aliphatic rings. The smallest absolute Gasteiger partial charge is 0.270 e.